The van der Waals surface area contributed by atoms with Crippen molar-refractivity contribution in [3.63, 3.8) is 0 Å². The van der Waals surface area contributed by atoms with E-state index in [1.54, 1.807) is 18.2 Å². The molecule has 0 unspecified atom stereocenters. The maximum absolute atomic E-state index is 13.9. The van der Waals surface area contributed by atoms with Crippen LogP contribution in [0.5, 0.6) is 0 Å². The first kappa shape index (κ1) is 22.2. The second-order valence-corrected chi connectivity index (χ2v) is 8.20. The molecule has 35 heavy (non-hydrogen) atoms. The van der Waals surface area contributed by atoms with Gasteiger partial charge in [0.15, 0.2) is 6.33 Å². The number of nitrogens with zero attached hydrogens (tertiary/aromatic N) is 4. The van der Waals surface area contributed by atoms with E-state index in [-0.39, 0.29) is 17.6 Å². The molecular weight excluding hydrogens is 449 g/mol. The van der Waals surface area contributed by atoms with E-state index >= 15 is 0 Å². The van der Waals surface area contributed by atoms with Gasteiger partial charge < -0.3 is 15.6 Å². The van der Waals surface area contributed by atoms with Crippen molar-refractivity contribution in [2.75, 3.05) is 11.9 Å². The third-order valence-corrected chi connectivity index (χ3v) is 5.94. The van der Waals surface area contributed by atoms with Crippen LogP contribution in [0.4, 0.5) is 10.1 Å². The molecule has 0 spiro atoms. The van der Waals surface area contributed by atoms with Gasteiger partial charge in [-0.2, -0.15) is 4.80 Å². The topological polar surface area (TPSA) is 118 Å². The summed E-state index contributed by atoms with van der Waals surface area (Å²) >= 11 is 0. The van der Waals surface area contributed by atoms with E-state index in [4.69, 9.17) is 0 Å². The summed E-state index contributed by atoms with van der Waals surface area (Å²) in [5.41, 5.74) is 5.77. The molecule has 3 N–H and O–H groups in total. The van der Waals surface area contributed by atoms with Crippen molar-refractivity contribution >= 4 is 29.2 Å². The fourth-order valence-corrected chi connectivity index (χ4v) is 4.34. The van der Waals surface area contributed by atoms with E-state index in [9.17, 15) is 14.0 Å². The first-order valence-electron chi connectivity index (χ1n) is 11.0. The molecule has 5 rings (SSSR count). The highest BCUT2D eigenvalue weighted by molar-refractivity contribution is 6.36. The number of fused-ring (bicyclic) bond motifs is 1. The normalized spacial score (nSPS) is 13.7. The highest BCUT2D eigenvalue weighted by Gasteiger charge is 2.28. The molecule has 9 nitrogen and oxygen atoms in total. The Kier molecular flexibility index (Phi) is 5.69. The van der Waals surface area contributed by atoms with Crippen LogP contribution in [0.25, 0.3) is 22.8 Å². The summed E-state index contributed by atoms with van der Waals surface area (Å²) < 4.78 is 13.9. The van der Waals surface area contributed by atoms with Crippen LogP contribution in [0.1, 0.15) is 32.9 Å². The Morgan fingerprint density at radius 2 is 2.03 bits per heavy atom. The predicted molar refractivity (Wildman–Crippen MR) is 129 cm³/mol. The van der Waals surface area contributed by atoms with Crippen molar-refractivity contribution in [2.24, 2.45) is 0 Å². The smallest absolute Gasteiger partial charge is 0.256 e. The van der Waals surface area contributed by atoms with Gasteiger partial charge in [-0.25, -0.2) is 4.39 Å². The number of nitrogens with one attached hydrogen (secondary N) is 3. The minimum atomic E-state index is -0.353. The Labute approximate surface area is 200 Å². The summed E-state index contributed by atoms with van der Waals surface area (Å²) in [6.45, 7) is 4.37. The van der Waals surface area contributed by atoms with E-state index in [0.29, 0.717) is 52.4 Å². The standard InChI is InChI=1S/C25H22FN7O2/c1-14-21(30-15(2)22(14)25(35)27-9-10-33-29-13-28-32-33)12-19-23-18(16-5-3-6-17(26)11-16)7-4-8-20(23)31-24(19)34/h3-8,11-13,30H,9-10H2,1-2H3,(H,27,35)(H,31,34)/b19-12-. The highest BCUT2D eigenvalue weighted by Crippen LogP contribution is 2.40. The van der Waals surface area contributed by atoms with Crippen molar-refractivity contribution in [1.82, 2.24) is 30.5 Å². The molecule has 2 aromatic heterocycles. The molecule has 0 radical (unpaired) electrons. The Hall–Kier alpha value is -4.60. The lowest BCUT2D eigenvalue weighted by atomic mass is 9.94. The molecule has 0 aliphatic carbocycles. The number of H-pyrrole nitrogens is 1. The number of aryl methyl sites for hydroxylation is 1. The quantitative estimate of drug-likeness (QED) is 0.373. The first-order valence-corrected chi connectivity index (χ1v) is 11.0. The van der Waals surface area contributed by atoms with Gasteiger partial charge in [-0.1, -0.05) is 24.3 Å². The van der Waals surface area contributed by atoms with E-state index in [1.807, 2.05) is 32.0 Å². The van der Waals surface area contributed by atoms with Gasteiger partial charge in [-0.15, -0.1) is 10.2 Å². The highest BCUT2D eigenvalue weighted by atomic mass is 19.1. The number of tetrazole rings is 1. The zero-order valence-corrected chi connectivity index (χ0v) is 19.1. The Balaban J connectivity index is 1.47. The molecule has 0 bridgehead atoms. The lowest BCUT2D eigenvalue weighted by Gasteiger charge is -2.09. The van der Waals surface area contributed by atoms with Crippen molar-refractivity contribution in [1.29, 1.82) is 0 Å². The predicted octanol–water partition coefficient (Wildman–Crippen LogP) is 3.35. The molecule has 1 aliphatic rings. The number of anilines is 1. The molecule has 176 valence electrons. The van der Waals surface area contributed by atoms with Crippen molar-refractivity contribution < 1.29 is 14.0 Å². The summed E-state index contributed by atoms with van der Waals surface area (Å²) in [6.07, 6.45) is 3.07. The molecule has 0 fully saturated rings. The monoisotopic (exact) mass is 471 g/mol. The largest absolute Gasteiger partial charge is 0.358 e. The van der Waals surface area contributed by atoms with Crippen LogP contribution in [0.2, 0.25) is 0 Å². The number of hydrogen-bond acceptors (Lipinski definition) is 5. The van der Waals surface area contributed by atoms with Crippen LogP contribution in [-0.2, 0) is 11.3 Å². The second-order valence-electron chi connectivity index (χ2n) is 8.20. The maximum Gasteiger partial charge on any atom is 0.256 e. The number of benzene rings is 2. The summed E-state index contributed by atoms with van der Waals surface area (Å²) in [4.78, 5) is 30.4. The minimum absolute atomic E-state index is 0.238. The van der Waals surface area contributed by atoms with Crippen molar-refractivity contribution in [3.8, 4) is 11.1 Å². The Morgan fingerprint density at radius 1 is 1.20 bits per heavy atom. The second kappa shape index (κ2) is 8.98. The molecular formula is C25H22FN7O2. The summed E-state index contributed by atoms with van der Waals surface area (Å²) in [7, 11) is 0. The fraction of sp³-hybridized carbons (Fsp3) is 0.160. The molecule has 10 heteroatoms. The van der Waals surface area contributed by atoms with Gasteiger partial charge in [0, 0.05) is 29.2 Å². The first-order chi connectivity index (χ1) is 16.9. The SMILES string of the molecule is Cc1[nH]c(/C=C2\C(=O)Nc3cccc(-c4cccc(F)c4)c32)c(C)c1C(=O)NCCn1ncnn1. The molecule has 0 saturated heterocycles. The fourth-order valence-electron chi connectivity index (χ4n) is 4.34. The molecule has 1 aliphatic heterocycles. The Bertz CT molecular complexity index is 1470. The minimum Gasteiger partial charge on any atom is -0.358 e. The number of amides is 2. The average molecular weight is 471 g/mol. The van der Waals surface area contributed by atoms with Gasteiger partial charge >= 0.3 is 0 Å². The zero-order valence-electron chi connectivity index (χ0n) is 19.1. The average Bonchev–Trinajstić information content (AvgIpc) is 3.52. The number of hydrogen-bond donors (Lipinski definition) is 3. The number of carbonyl (C=O) groups is 2. The van der Waals surface area contributed by atoms with E-state index < -0.39 is 0 Å². The van der Waals surface area contributed by atoms with Gasteiger partial charge in [0.25, 0.3) is 11.8 Å². The van der Waals surface area contributed by atoms with Crippen LogP contribution in [0, 0.1) is 19.7 Å². The van der Waals surface area contributed by atoms with Crippen molar-refractivity contribution in [3.05, 3.63) is 82.7 Å². The van der Waals surface area contributed by atoms with Gasteiger partial charge in [0.1, 0.15) is 5.82 Å². The van der Waals surface area contributed by atoms with Crippen LogP contribution in [-0.4, -0.2) is 43.6 Å². The molecule has 4 aromatic rings. The summed E-state index contributed by atoms with van der Waals surface area (Å²) in [6, 6.07) is 11.8. The lowest BCUT2D eigenvalue weighted by Crippen LogP contribution is -2.28. The van der Waals surface area contributed by atoms with Crippen LogP contribution in [0.15, 0.2) is 48.8 Å². The van der Waals surface area contributed by atoms with E-state index in [2.05, 4.69) is 31.0 Å². The zero-order chi connectivity index (χ0) is 24.5. The van der Waals surface area contributed by atoms with Crippen LogP contribution in [0.3, 0.4) is 0 Å². The van der Waals surface area contributed by atoms with Crippen LogP contribution < -0.4 is 10.6 Å². The summed E-state index contributed by atoms with van der Waals surface area (Å²) in [5, 5.41) is 17.1. The number of halogens is 1. The molecule has 2 aromatic carbocycles. The Morgan fingerprint density at radius 3 is 2.80 bits per heavy atom. The molecule has 3 heterocycles. The third-order valence-electron chi connectivity index (χ3n) is 5.94. The van der Waals surface area contributed by atoms with Gasteiger partial charge in [0.2, 0.25) is 0 Å². The van der Waals surface area contributed by atoms with Gasteiger partial charge in [-0.3, -0.25) is 9.59 Å². The number of rotatable bonds is 6. The summed E-state index contributed by atoms with van der Waals surface area (Å²) in [5.74, 6) is -0.853. The molecule has 0 saturated carbocycles. The number of aromatic amines is 1. The van der Waals surface area contributed by atoms with Gasteiger partial charge in [0.05, 0.1) is 17.7 Å². The lowest BCUT2D eigenvalue weighted by molar-refractivity contribution is -0.110. The molecule has 0 atom stereocenters. The molecule has 2 amide bonds. The van der Waals surface area contributed by atoms with E-state index in [1.165, 1.54) is 23.3 Å². The third kappa shape index (κ3) is 4.21. The number of carbonyl (C=O) groups excluding carboxylic acids is 2. The van der Waals surface area contributed by atoms with E-state index in [0.717, 1.165) is 11.1 Å². The number of aromatic nitrogens is 5. The van der Waals surface area contributed by atoms with Gasteiger partial charge in [-0.05, 0) is 60.0 Å². The maximum atomic E-state index is 13.9. The van der Waals surface area contributed by atoms with Crippen LogP contribution >= 0.6 is 0 Å². The van der Waals surface area contributed by atoms with Crippen molar-refractivity contribution in [2.45, 2.75) is 20.4 Å².